The number of carboxylic acid groups (broad SMARTS) is 1. The molecule has 0 radical (unpaired) electrons. The average Bonchev–Trinajstić information content (AvgIpc) is 2.65. The Balaban J connectivity index is 1.58. The van der Waals surface area contributed by atoms with Crippen molar-refractivity contribution in [1.82, 2.24) is 15.0 Å². The van der Waals surface area contributed by atoms with Gasteiger partial charge in [0.15, 0.2) is 0 Å². The number of nitrogens with zero attached hydrogens (tertiary/aromatic N) is 1. The summed E-state index contributed by atoms with van der Waals surface area (Å²) in [6.45, 7) is 0.876. The van der Waals surface area contributed by atoms with Crippen LogP contribution in [0, 0.1) is 11.8 Å². The first-order valence-corrected chi connectivity index (χ1v) is 10.2. The van der Waals surface area contributed by atoms with Crippen LogP contribution in [-0.4, -0.2) is 37.7 Å². The summed E-state index contributed by atoms with van der Waals surface area (Å²) >= 11 is 0. The maximum atomic E-state index is 12.7. The lowest BCUT2D eigenvalue weighted by Crippen LogP contribution is -2.34. The van der Waals surface area contributed by atoms with Crippen LogP contribution in [0.3, 0.4) is 0 Å². The highest BCUT2D eigenvalue weighted by molar-refractivity contribution is 7.89. The molecule has 1 amide bonds. The zero-order valence-electron chi connectivity index (χ0n) is 14.4. The quantitative estimate of drug-likeness (QED) is 0.717. The van der Waals surface area contributed by atoms with Crippen molar-refractivity contribution in [2.45, 2.75) is 30.6 Å². The molecule has 26 heavy (non-hydrogen) atoms. The Morgan fingerprint density at radius 1 is 1.12 bits per heavy atom. The van der Waals surface area contributed by atoms with E-state index in [1.165, 1.54) is 0 Å². The van der Waals surface area contributed by atoms with Crippen molar-refractivity contribution >= 4 is 26.9 Å². The van der Waals surface area contributed by atoms with Crippen LogP contribution in [0.15, 0.2) is 41.6 Å². The Hall–Kier alpha value is -2.19. The molecule has 1 aliphatic rings. The van der Waals surface area contributed by atoms with Crippen molar-refractivity contribution in [3.05, 3.63) is 36.7 Å². The second-order valence-corrected chi connectivity index (χ2v) is 8.51. The molecule has 0 unspecified atom stereocenters. The van der Waals surface area contributed by atoms with Gasteiger partial charge in [-0.25, -0.2) is 17.9 Å². The van der Waals surface area contributed by atoms with E-state index in [2.05, 4.69) is 15.0 Å². The summed E-state index contributed by atoms with van der Waals surface area (Å²) < 4.78 is 28.2. The summed E-state index contributed by atoms with van der Waals surface area (Å²) in [4.78, 5) is 14.9. The summed E-state index contributed by atoms with van der Waals surface area (Å²) in [7, 11) is -3.59. The molecule has 1 saturated carbocycles. The van der Waals surface area contributed by atoms with Crippen LogP contribution in [0.4, 0.5) is 4.79 Å². The first-order chi connectivity index (χ1) is 12.5. The molecule has 0 bridgehead atoms. The van der Waals surface area contributed by atoms with E-state index in [1.54, 1.807) is 30.6 Å². The largest absolute Gasteiger partial charge is 0.465 e. The van der Waals surface area contributed by atoms with Crippen LogP contribution >= 0.6 is 0 Å². The van der Waals surface area contributed by atoms with Gasteiger partial charge >= 0.3 is 6.09 Å². The van der Waals surface area contributed by atoms with Crippen LogP contribution < -0.4 is 10.0 Å². The van der Waals surface area contributed by atoms with Crippen molar-refractivity contribution in [3.63, 3.8) is 0 Å². The highest BCUT2D eigenvalue weighted by atomic mass is 32.2. The number of nitrogens with one attached hydrogen (secondary N) is 2. The average molecular weight is 377 g/mol. The number of amides is 1. The fourth-order valence-electron chi connectivity index (χ4n) is 3.50. The van der Waals surface area contributed by atoms with Crippen molar-refractivity contribution in [1.29, 1.82) is 0 Å². The highest BCUT2D eigenvalue weighted by Gasteiger charge is 2.24. The van der Waals surface area contributed by atoms with Gasteiger partial charge in [0.1, 0.15) is 0 Å². The SMILES string of the molecule is O=C(O)NC[C@H]1CC[C@H](CNS(=O)(=O)c2cccc3cnccc23)CC1. The molecule has 8 heteroatoms. The molecule has 2 aromatic rings. The molecule has 1 aromatic carbocycles. The number of hydrogen-bond donors (Lipinski definition) is 3. The highest BCUT2D eigenvalue weighted by Crippen LogP contribution is 2.28. The lowest BCUT2D eigenvalue weighted by molar-refractivity contribution is 0.188. The van der Waals surface area contributed by atoms with E-state index in [0.717, 1.165) is 31.1 Å². The van der Waals surface area contributed by atoms with Gasteiger partial charge in [-0.2, -0.15) is 0 Å². The van der Waals surface area contributed by atoms with Gasteiger partial charge in [-0.15, -0.1) is 0 Å². The number of rotatable bonds is 6. The van der Waals surface area contributed by atoms with E-state index in [0.29, 0.717) is 24.4 Å². The molecule has 1 aromatic heterocycles. The minimum Gasteiger partial charge on any atom is -0.465 e. The number of fused-ring (bicyclic) bond motifs is 1. The standard InChI is InChI=1S/C18H23N3O4S/c22-18(23)20-10-13-4-6-14(7-5-13)11-21-26(24,25)17-3-1-2-15-12-19-9-8-16(15)17/h1-3,8-9,12-14,20-21H,4-7,10-11H2,(H,22,23)/t13-,14-. The van der Waals surface area contributed by atoms with Crippen molar-refractivity contribution in [3.8, 4) is 0 Å². The molecule has 0 saturated heterocycles. The molecule has 0 atom stereocenters. The molecule has 0 aliphatic heterocycles. The fraction of sp³-hybridized carbons (Fsp3) is 0.444. The zero-order chi connectivity index (χ0) is 18.6. The van der Waals surface area contributed by atoms with E-state index in [4.69, 9.17) is 5.11 Å². The van der Waals surface area contributed by atoms with E-state index in [-0.39, 0.29) is 10.8 Å². The Kier molecular flexibility index (Phi) is 5.73. The van der Waals surface area contributed by atoms with Crippen LogP contribution in [0.1, 0.15) is 25.7 Å². The normalized spacial score (nSPS) is 20.8. The van der Waals surface area contributed by atoms with Crippen molar-refractivity contribution < 1.29 is 18.3 Å². The maximum Gasteiger partial charge on any atom is 0.404 e. The summed E-state index contributed by atoms with van der Waals surface area (Å²) in [5.41, 5.74) is 0. The van der Waals surface area contributed by atoms with Crippen LogP contribution in [0.2, 0.25) is 0 Å². The number of aromatic nitrogens is 1. The molecule has 3 rings (SSSR count). The van der Waals surface area contributed by atoms with Gasteiger partial charge in [0, 0.05) is 36.3 Å². The molecule has 1 fully saturated rings. The van der Waals surface area contributed by atoms with E-state index in [9.17, 15) is 13.2 Å². The van der Waals surface area contributed by atoms with Crippen molar-refractivity contribution in [2.75, 3.05) is 13.1 Å². The first-order valence-electron chi connectivity index (χ1n) is 8.75. The van der Waals surface area contributed by atoms with Gasteiger partial charge in [0.2, 0.25) is 10.0 Å². The molecular weight excluding hydrogens is 354 g/mol. The summed E-state index contributed by atoms with van der Waals surface area (Å²) in [5, 5.41) is 12.5. The Morgan fingerprint density at radius 3 is 2.50 bits per heavy atom. The maximum absolute atomic E-state index is 12.7. The van der Waals surface area contributed by atoms with E-state index < -0.39 is 16.1 Å². The molecule has 0 spiro atoms. The lowest BCUT2D eigenvalue weighted by Gasteiger charge is -2.28. The number of sulfonamides is 1. The Bertz CT molecular complexity index is 872. The number of hydrogen-bond acceptors (Lipinski definition) is 4. The molecule has 1 aliphatic carbocycles. The monoisotopic (exact) mass is 377 g/mol. The van der Waals surface area contributed by atoms with Crippen LogP contribution in [0.5, 0.6) is 0 Å². The third-order valence-electron chi connectivity index (χ3n) is 5.00. The summed E-state index contributed by atoms with van der Waals surface area (Å²) in [6, 6.07) is 6.89. The van der Waals surface area contributed by atoms with E-state index in [1.807, 2.05) is 6.07 Å². The summed E-state index contributed by atoms with van der Waals surface area (Å²) in [5.74, 6) is 0.618. The third kappa shape index (κ3) is 4.50. The minimum atomic E-state index is -3.59. The van der Waals surface area contributed by atoms with Gasteiger partial charge in [0.25, 0.3) is 0 Å². The summed E-state index contributed by atoms with van der Waals surface area (Å²) in [6.07, 6.45) is 5.86. The molecule has 3 N–H and O–H groups in total. The first kappa shape index (κ1) is 18.6. The smallest absolute Gasteiger partial charge is 0.404 e. The Labute approximate surface area is 152 Å². The van der Waals surface area contributed by atoms with Gasteiger partial charge in [-0.3, -0.25) is 4.98 Å². The molecule has 7 nitrogen and oxygen atoms in total. The van der Waals surface area contributed by atoms with Gasteiger partial charge in [0.05, 0.1) is 4.90 Å². The van der Waals surface area contributed by atoms with Crippen molar-refractivity contribution in [2.24, 2.45) is 11.8 Å². The van der Waals surface area contributed by atoms with E-state index >= 15 is 0 Å². The van der Waals surface area contributed by atoms with Gasteiger partial charge in [-0.1, -0.05) is 12.1 Å². The number of benzene rings is 1. The van der Waals surface area contributed by atoms with Gasteiger partial charge in [-0.05, 0) is 49.7 Å². The molecule has 140 valence electrons. The molecular formula is C18H23N3O4S. The number of pyridine rings is 1. The third-order valence-corrected chi connectivity index (χ3v) is 6.48. The number of carbonyl (C=O) groups is 1. The fourth-order valence-corrected chi connectivity index (χ4v) is 4.85. The predicted molar refractivity (Wildman–Crippen MR) is 98.4 cm³/mol. The van der Waals surface area contributed by atoms with Crippen LogP contribution in [-0.2, 0) is 10.0 Å². The van der Waals surface area contributed by atoms with Crippen LogP contribution in [0.25, 0.3) is 10.8 Å². The predicted octanol–water partition coefficient (Wildman–Crippen LogP) is 2.59. The zero-order valence-corrected chi connectivity index (χ0v) is 15.2. The molecule has 1 heterocycles. The second kappa shape index (κ2) is 8.01. The lowest BCUT2D eigenvalue weighted by atomic mass is 9.82. The minimum absolute atomic E-state index is 0.275. The Morgan fingerprint density at radius 2 is 1.81 bits per heavy atom. The second-order valence-electron chi connectivity index (χ2n) is 6.78. The topological polar surface area (TPSA) is 108 Å². The van der Waals surface area contributed by atoms with Gasteiger partial charge < -0.3 is 10.4 Å².